The van der Waals surface area contributed by atoms with Crippen LogP contribution in [0.5, 0.6) is 5.88 Å². The van der Waals surface area contributed by atoms with Crippen LogP contribution >= 0.6 is 23.4 Å². The molecule has 1 N–H and O–H groups in total. The third-order valence-electron chi connectivity index (χ3n) is 3.99. The normalized spacial score (nSPS) is 15.0. The van der Waals surface area contributed by atoms with Crippen LogP contribution in [0.4, 0.5) is 11.4 Å². The average Bonchev–Trinajstić information content (AvgIpc) is 2.84. The molecule has 0 radical (unpaired) electrons. The Kier molecular flexibility index (Phi) is 4.54. The number of anilines is 1. The fourth-order valence-electron chi connectivity index (χ4n) is 2.72. The first-order valence-corrected chi connectivity index (χ1v) is 9.42. The van der Waals surface area contributed by atoms with Gasteiger partial charge in [-0.1, -0.05) is 41.6 Å². The molecule has 1 atom stereocenters. The summed E-state index contributed by atoms with van der Waals surface area (Å²) < 4.78 is 6.04. The molecule has 0 saturated carbocycles. The largest absolute Gasteiger partial charge is 0.448 e. The van der Waals surface area contributed by atoms with E-state index in [1.165, 1.54) is 30.0 Å². The SMILES string of the molecule is CSc1nnc2c(n1)OC(c1cc([N+](=O)[O-])ccc1Cl)Nc1ccccc1-2. The Bertz CT molecular complexity index is 1050. The predicted octanol–water partition coefficient (Wildman–Crippen LogP) is 4.33. The van der Waals surface area contributed by atoms with Crippen LogP contribution in [0.2, 0.25) is 5.02 Å². The van der Waals surface area contributed by atoms with E-state index in [4.69, 9.17) is 16.3 Å². The molecule has 4 rings (SSSR count). The minimum Gasteiger partial charge on any atom is -0.448 e. The van der Waals surface area contributed by atoms with Crippen LogP contribution in [-0.4, -0.2) is 26.4 Å². The number of thioether (sulfide) groups is 1. The molecule has 2 aromatic carbocycles. The van der Waals surface area contributed by atoms with Gasteiger partial charge in [0, 0.05) is 34.0 Å². The van der Waals surface area contributed by atoms with Crippen LogP contribution in [-0.2, 0) is 0 Å². The summed E-state index contributed by atoms with van der Waals surface area (Å²) in [6.45, 7) is 0. The molecule has 0 saturated heterocycles. The monoisotopic (exact) mass is 401 g/mol. The van der Waals surface area contributed by atoms with Crippen LogP contribution in [0.25, 0.3) is 11.3 Å². The standard InChI is InChI=1S/C17H12ClN5O3S/c1-27-17-20-16-14(21-22-17)10-4-2-3-5-13(10)19-15(26-16)11-8-9(23(24)25)6-7-12(11)18/h2-8,15,19H,1H3. The van der Waals surface area contributed by atoms with Crippen LogP contribution < -0.4 is 10.1 Å². The highest BCUT2D eigenvalue weighted by atomic mass is 35.5. The van der Waals surface area contributed by atoms with Crippen molar-refractivity contribution < 1.29 is 9.66 Å². The van der Waals surface area contributed by atoms with Gasteiger partial charge in [0.25, 0.3) is 5.69 Å². The second-order valence-corrected chi connectivity index (χ2v) is 6.78. The highest BCUT2D eigenvalue weighted by molar-refractivity contribution is 7.98. The number of hydrogen-bond donors (Lipinski definition) is 1. The molecule has 27 heavy (non-hydrogen) atoms. The van der Waals surface area contributed by atoms with Gasteiger partial charge < -0.3 is 10.1 Å². The van der Waals surface area contributed by atoms with Crippen molar-refractivity contribution in [2.75, 3.05) is 11.6 Å². The number of para-hydroxylation sites is 1. The number of nitro groups is 1. The summed E-state index contributed by atoms with van der Waals surface area (Å²) in [6.07, 6.45) is 1.05. The van der Waals surface area contributed by atoms with E-state index >= 15 is 0 Å². The summed E-state index contributed by atoms with van der Waals surface area (Å²) in [6, 6.07) is 11.7. The Morgan fingerprint density at radius 1 is 1.26 bits per heavy atom. The number of halogens is 1. The number of non-ortho nitro benzene ring substituents is 1. The van der Waals surface area contributed by atoms with Crippen LogP contribution in [0, 0.1) is 10.1 Å². The summed E-state index contributed by atoms with van der Waals surface area (Å²) in [4.78, 5) is 15.1. The molecule has 1 aliphatic heterocycles. The summed E-state index contributed by atoms with van der Waals surface area (Å²) in [7, 11) is 0. The van der Waals surface area contributed by atoms with Crippen molar-refractivity contribution in [1.29, 1.82) is 0 Å². The second-order valence-electron chi connectivity index (χ2n) is 5.60. The number of benzene rings is 2. The molecule has 1 aliphatic rings. The lowest BCUT2D eigenvalue weighted by atomic mass is 10.1. The zero-order valence-electron chi connectivity index (χ0n) is 13.9. The number of ether oxygens (including phenoxy) is 1. The first-order valence-electron chi connectivity index (χ1n) is 7.82. The maximum absolute atomic E-state index is 11.2. The Balaban J connectivity index is 1.88. The first-order chi connectivity index (χ1) is 13.1. The van der Waals surface area contributed by atoms with Crippen LogP contribution in [0.3, 0.4) is 0 Å². The first kappa shape index (κ1) is 17.5. The predicted molar refractivity (Wildman–Crippen MR) is 102 cm³/mol. The van der Waals surface area contributed by atoms with Crippen molar-refractivity contribution in [2.24, 2.45) is 0 Å². The van der Waals surface area contributed by atoms with Crippen molar-refractivity contribution in [3.8, 4) is 17.1 Å². The zero-order chi connectivity index (χ0) is 19.0. The minimum atomic E-state index is -0.786. The highest BCUT2D eigenvalue weighted by Crippen LogP contribution is 2.41. The lowest BCUT2D eigenvalue weighted by Gasteiger charge is -2.20. The number of nitrogens with one attached hydrogen (secondary N) is 1. The van der Waals surface area contributed by atoms with Crippen LogP contribution in [0.1, 0.15) is 11.8 Å². The Hall–Kier alpha value is -2.91. The lowest BCUT2D eigenvalue weighted by Crippen LogP contribution is -2.17. The molecule has 0 bridgehead atoms. The van der Waals surface area contributed by atoms with E-state index in [-0.39, 0.29) is 11.6 Å². The Morgan fingerprint density at radius 2 is 2.07 bits per heavy atom. The molecule has 0 amide bonds. The number of fused-ring (bicyclic) bond motifs is 3. The molecule has 1 aromatic heterocycles. The van der Waals surface area contributed by atoms with Gasteiger partial charge in [0.15, 0.2) is 11.9 Å². The Labute approximate surface area is 163 Å². The zero-order valence-corrected chi connectivity index (χ0v) is 15.5. The van der Waals surface area contributed by atoms with Crippen molar-refractivity contribution in [3.63, 3.8) is 0 Å². The van der Waals surface area contributed by atoms with E-state index in [2.05, 4.69) is 20.5 Å². The van der Waals surface area contributed by atoms with Gasteiger partial charge in [0.2, 0.25) is 11.0 Å². The third kappa shape index (κ3) is 3.26. The van der Waals surface area contributed by atoms with E-state index in [0.29, 0.717) is 21.4 Å². The number of aromatic nitrogens is 3. The van der Waals surface area contributed by atoms with Crippen LogP contribution in [0.15, 0.2) is 47.6 Å². The summed E-state index contributed by atoms with van der Waals surface area (Å²) in [5.74, 6) is 0.277. The summed E-state index contributed by atoms with van der Waals surface area (Å²) >= 11 is 7.64. The van der Waals surface area contributed by atoms with E-state index < -0.39 is 11.2 Å². The number of nitrogens with zero attached hydrogens (tertiary/aromatic N) is 4. The van der Waals surface area contributed by atoms with Gasteiger partial charge >= 0.3 is 0 Å². The van der Waals surface area contributed by atoms with Gasteiger partial charge in [-0.05, 0) is 18.4 Å². The highest BCUT2D eigenvalue weighted by Gasteiger charge is 2.28. The van der Waals surface area contributed by atoms with Gasteiger partial charge in [-0.3, -0.25) is 10.1 Å². The molecule has 2 heterocycles. The molecule has 0 spiro atoms. The molecule has 136 valence electrons. The third-order valence-corrected chi connectivity index (χ3v) is 4.87. The average molecular weight is 402 g/mol. The van der Waals surface area contributed by atoms with Crippen molar-refractivity contribution >= 4 is 34.7 Å². The fourth-order valence-corrected chi connectivity index (χ4v) is 3.23. The number of rotatable bonds is 3. The molecule has 8 nitrogen and oxygen atoms in total. The van der Waals surface area contributed by atoms with Gasteiger partial charge in [-0.2, -0.15) is 4.98 Å². The van der Waals surface area contributed by atoms with E-state index in [9.17, 15) is 10.1 Å². The van der Waals surface area contributed by atoms with Crippen molar-refractivity contribution in [1.82, 2.24) is 15.2 Å². The smallest absolute Gasteiger partial charge is 0.270 e. The fraction of sp³-hybridized carbons (Fsp3) is 0.118. The molecule has 0 fully saturated rings. The van der Waals surface area contributed by atoms with Gasteiger partial charge in [-0.15, -0.1) is 10.2 Å². The topological polar surface area (TPSA) is 103 Å². The van der Waals surface area contributed by atoms with Crippen molar-refractivity contribution in [3.05, 3.63) is 63.2 Å². The molecule has 1 unspecified atom stereocenters. The quantitative estimate of drug-likeness (QED) is 0.393. The van der Waals surface area contributed by atoms with E-state index in [1.807, 2.05) is 30.5 Å². The molecular formula is C17H12ClN5O3S. The Morgan fingerprint density at radius 3 is 2.85 bits per heavy atom. The molecule has 0 aliphatic carbocycles. The summed E-state index contributed by atoms with van der Waals surface area (Å²) in [5, 5.41) is 23.5. The van der Waals surface area contributed by atoms with Gasteiger partial charge in [0.05, 0.1) is 4.92 Å². The summed E-state index contributed by atoms with van der Waals surface area (Å²) in [5.41, 5.74) is 2.34. The second kappa shape index (κ2) is 7.01. The minimum absolute atomic E-state index is 0.0804. The van der Waals surface area contributed by atoms with E-state index in [1.54, 1.807) is 0 Å². The maximum atomic E-state index is 11.2. The number of hydrogen-bond acceptors (Lipinski definition) is 8. The lowest BCUT2D eigenvalue weighted by molar-refractivity contribution is -0.385. The molecular weight excluding hydrogens is 390 g/mol. The maximum Gasteiger partial charge on any atom is 0.270 e. The van der Waals surface area contributed by atoms with Gasteiger partial charge in [0.1, 0.15) is 0 Å². The van der Waals surface area contributed by atoms with Gasteiger partial charge in [-0.25, -0.2) is 0 Å². The number of nitro benzene ring substituents is 1. The van der Waals surface area contributed by atoms with Crippen molar-refractivity contribution in [2.45, 2.75) is 11.4 Å². The van der Waals surface area contributed by atoms with E-state index in [0.717, 1.165) is 11.3 Å². The molecule has 10 heteroatoms. The molecule has 3 aromatic rings.